The molecule has 0 aliphatic heterocycles. The van der Waals surface area contributed by atoms with E-state index in [9.17, 15) is 9.59 Å². The summed E-state index contributed by atoms with van der Waals surface area (Å²) in [5.74, 6) is -0.295. The van der Waals surface area contributed by atoms with E-state index in [1.807, 2.05) is 0 Å². The number of thiazole rings is 1. The minimum Gasteiger partial charge on any atom is -0.494 e. The summed E-state index contributed by atoms with van der Waals surface area (Å²) >= 11 is 0.878. The van der Waals surface area contributed by atoms with Crippen LogP contribution in [0, 0.1) is 0 Å². The van der Waals surface area contributed by atoms with Crippen molar-refractivity contribution in [3.63, 3.8) is 0 Å². The van der Waals surface area contributed by atoms with Gasteiger partial charge in [-0.1, -0.05) is 11.3 Å². The molecule has 0 unspecified atom stereocenters. The Hall–Kier alpha value is -1.10. The van der Waals surface area contributed by atoms with E-state index in [-0.39, 0.29) is 23.1 Å². The van der Waals surface area contributed by atoms with Crippen LogP contribution in [-0.4, -0.2) is 15.5 Å². The number of rotatable bonds is 2. The first-order valence-electron chi connectivity index (χ1n) is 2.98. The Bertz CT molecular complexity index is 325. The van der Waals surface area contributed by atoms with Crippen molar-refractivity contribution in [3.8, 4) is 5.88 Å². The van der Waals surface area contributed by atoms with Crippen molar-refractivity contribution in [3.05, 3.63) is 15.0 Å². The lowest BCUT2D eigenvalue weighted by Crippen LogP contribution is -2.16. The van der Waals surface area contributed by atoms with Crippen LogP contribution >= 0.6 is 11.3 Å². The molecule has 0 radical (unpaired) electrons. The van der Waals surface area contributed by atoms with Gasteiger partial charge in [0.25, 0.3) is 0 Å². The fourth-order valence-electron chi connectivity index (χ4n) is 0.692. The second kappa shape index (κ2) is 2.87. The molecule has 1 aromatic heterocycles. The molecule has 4 nitrogen and oxygen atoms in total. The van der Waals surface area contributed by atoms with Gasteiger partial charge in [0, 0.05) is 0 Å². The van der Waals surface area contributed by atoms with E-state index in [1.54, 1.807) is 0 Å². The molecule has 1 N–H and O–H groups in total. The summed E-state index contributed by atoms with van der Waals surface area (Å²) in [6, 6.07) is 0. The predicted molar refractivity (Wildman–Crippen MR) is 40.9 cm³/mol. The number of hydrogen-bond acceptors (Lipinski definition) is 4. The van der Waals surface area contributed by atoms with Crippen molar-refractivity contribution >= 4 is 17.1 Å². The van der Waals surface area contributed by atoms with Gasteiger partial charge in [0.1, 0.15) is 5.78 Å². The molecule has 0 spiro atoms. The fraction of sp³-hybridized carbons (Fsp3) is 0.333. The summed E-state index contributed by atoms with van der Waals surface area (Å²) in [4.78, 5) is 21.1. The highest BCUT2D eigenvalue weighted by Crippen LogP contribution is 2.07. The van der Waals surface area contributed by atoms with E-state index in [1.165, 1.54) is 12.3 Å². The number of carbonyl (C=O) groups excluding carboxylic acids is 1. The Morgan fingerprint density at radius 1 is 1.82 bits per heavy atom. The monoisotopic (exact) mass is 173 g/mol. The van der Waals surface area contributed by atoms with Gasteiger partial charge in [-0.25, -0.2) is 0 Å². The number of aromatic nitrogens is 1. The zero-order valence-electron chi connectivity index (χ0n) is 5.90. The summed E-state index contributed by atoms with van der Waals surface area (Å²) in [5.41, 5.74) is 0. The van der Waals surface area contributed by atoms with E-state index >= 15 is 0 Å². The smallest absolute Gasteiger partial charge is 0.310 e. The number of carbonyl (C=O) groups is 1. The Morgan fingerprint density at radius 2 is 2.45 bits per heavy atom. The van der Waals surface area contributed by atoms with Crippen molar-refractivity contribution < 1.29 is 9.90 Å². The van der Waals surface area contributed by atoms with Crippen LogP contribution in [0.1, 0.15) is 6.92 Å². The van der Waals surface area contributed by atoms with E-state index < -0.39 is 0 Å². The fourth-order valence-corrected chi connectivity index (χ4v) is 1.31. The number of Topliss-reactive ketones (excluding diaryl/α,β-unsaturated/α-hetero) is 1. The van der Waals surface area contributed by atoms with Crippen molar-refractivity contribution in [2.24, 2.45) is 0 Å². The normalized spacial score (nSPS) is 9.91. The van der Waals surface area contributed by atoms with Crippen LogP contribution in [0.25, 0.3) is 0 Å². The van der Waals surface area contributed by atoms with E-state index in [0.717, 1.165) is 15.9 Å². The first-order chi connectivity index (χ1) is 5.11. The summed E-state index contributed by atoms with van der Waals surface area (Å²) in [5, 5.41) is 10.3. The van der Waals surface area contributed by atoms with Crippen LogP contribution in [0.15, 0.2) is 10.2 Å². The third kappa shape index (κ3) is 1.68. The van der Waals surface area contributed by atoms with Crippen molar-refractivity contribution in [2.45, 2.75) is 13.5 Å². The van der Waals surface area contributed by atoms with Crippen LogP contribution in [0.4, 0.5) is 0 Å². The molecule has 0 aromatic carbocycles. The van der Waals surface area contributed by atoms with Gasteiger partial charge in [0.05, 0.1) is 11.9 Å². The Balaban J connectivity index is 3.01. The Morgan fingerprint density at radius 3 is 2.82 bits per heavy atom. The quantitative estimate of drug-likeness (QED) is 0.695. The second-order valence-corrected chi connectivity index (χ2v) is 2.97. The molecular weight excluding hydrogens is 166 g/mol. The maximum atomic E-state index is 10.8. The largest absolute Gasteiger partial charge is 0.494 e. The average molecular weight is 173 g/mol. The summed E-state index contributed by atoms with van der Waals surface area (Å²) in [7, 11) is 0. The minimum atomic E-state index is -0.308. The highest BCUT2D eigenvalue weighted by molar-refractivity contribution is 7.07. The topological polar surface area (TPSA) is 59.3 Å². The second-order valence-electron chi connectivity index (χ2n) is 2.15. The number of aromatic hydroxyl groups is 1. The highest BCUT2D eigenvalue weighted by atomic mass is 32.1. The predicted octanol–water partition coefficient (Wildman–Crippen LogP) is 0.204. The van der Waals surface area contributed by atoms with Crippen molar-refractivity contribution in [1.29, 1.82) is 0 Å². The van der Waals surface area contributed by atoms with Crippen LogP contribution in [0.5, 0.6) is 5.88 Å². The lowest BCUT2D eigenvalue weighted by molar-refractivity contribution is -0.117. The molecule has 0 aliphatic rings. The molecular formula is C6H7NO3S. The molecule has 0 fully saturated rings. The molecule has 1 rings (SSSR count). The first kappa shape index (κ1) is 8.00. The van der Waals surface area contributed by atoms with Crippen molar-refractivity contribution in [1.82, 2.24) is 4.57 Å². The van der Waals surface area contributed by atoms with Gasteiger partial charge in [0.2, 0.25) is 5.88 Å². The highest BCUT2D eigenvalue weighted by Gasteiger charge is 2.05. The lowest BCUT2D eigenvalue weighted by Gasteiger charge is -1.96. The van der Waals surface area contributed by atoms with Gasteiger partial charge in [-0.05, 0) is 6.92 Å². The molecule has 5 heteroatoms. The summed E-state index contributed by atoms with van der Waals surface area (Å²) in [6.07, 6.45) is 0. The molecule has 1 aromatic rings. The first-order valence-corrected chi connectivity index (χ1v) is 3.86. The SMILES string of the molecule is CC(=O)Cn1c(O)csc1=O. The Labute approximate surface area is 66.7 Å². The van der Waals surface area contributed by atoms with Crippen molar-refractivity contribution in [2.75, 3.05) is 0 Å². The number of nitrogens with zero attached hydrogens (tertiary/aromatic N) is 1. The number of hydrogen-bond donors (Lipinski definition) is 1. The molecule has 0 bridgehead atoms. The van der Waals surface area contributed by atoms with Gasteiger partial charge < -0.3 is 5.11 Å². The lowest BCUT2D eigenvalue weighted by atomic mass is 10.4. The van der Waals surface area contributed by atoms with Gasteiger partial charge >= 0.3 is 4.87 Å². The van der Waals surface area contributed by atoms with Crippen LogP contribution < -0.4 is 4.87 Å². The molecule has 11 heavy (non-hydrogen) atoms. The Kier molecular flexibility index (Phi) is 2.09. The van der Waals surface area contributed by atoms with Gasteiger partial charge in [-0.3, -0.25) is 14.2 Å². The zero-order chi connectivity index (χ0) is 8.43. The third-order valence-electron chi connectivity index (χ3n) is 1.14. The molecule has 0 aliphatic carbocycles. The van der Waals surface area contributed by atoms with Crippen LogP contribution in [-0.2, 0) is 11.3 Å². The third-order valence-corrected chi connectivity index (χ3v) is 1.89. The van der Waals surface area contributed by atoms with Crippen LogP contribution in [0.3, 0.4) is 0 Å². The number of ketones is 1. The maximum absolute atomic E-state index is 10.8. The zero-order valence-corrected chi connectivity index (χ0v) is 6.72. The summed E-state index contributed by atoms with van der Waals surface area (Å²) in [6.45, 7) is 1.32. The van der Waals surface area contributed by atoms with E-state index in [2.05, 4.69) is 0 Å². The van der Waals surface area contributed by atoms with Gasteiger partial charge in [-0.2, -0.15) is 0 Å². The maximum Gasteiger partial charge on any atom is 0.310 e. The van der Waals surface area contributed by atoms with E-state index in [0.29, 0.717) is 0 Å². The average Bonchev–Trinajstić information content (AvgIpc) is 2.18. The minimum absolute atomic E-state index is 0.0475. The van der Waals surface area contributed by atoms with Gasteiger partial charge in [-0.15, -0.1) is 0 Å². The molecule has 0 saturated carbocycles. The van der Waals surface area contributed by atoms with Gasteiger partial charge in [0.15, 0.2) is 0 Å². The van der Waals surface area contributed by atoms with Crippen LogP contribution in [0.2, 0.25) is 0 Å². The molecule has 0 amide bonds. The molecule has 0 saturated heterocycles. The summed E-state index contributed by atoms with van der Waals surface area (Å²) < 4.78 is 1.03. The molecule has 0 atom stereocenters. The molecule has 60 valence electrons. The standard InChI is InChI=1S/C6H7NO3S/c1-4(8)2-7-5(9)3-11-6(7)10/h3,9H,2H2,1H3. The molecule has 1 heterocycles. The van der Waals surface area contributed by atoms with E-state index in [4.69, 9.17) is 5.11 Å².